The Kier molecular flexibility index (Phi) is 13.4. The van der Waals surface area contributed by atoms with Crippen LogP contribution in [-0.2, 0) is 19.0 Å². The number of hydrogen-bond acceptors (Lipinski definition) is 11. The van der Waals surface area contributed by atoms with E-state index in [0.717, 1.165) is 12.8 Å². The molecule has 4 unspecified atom stereocenters. The standard InChI is InChI=1S/C33H54N2O10/c1-3-34-28(39)10-7-5-4-6-9-24-23(15-13-22(37)14-16-29-35(21-11-12-21)17-8-18-43-29)25(38)19-26(24)44-33(2)32(42)31(41)30(40)27(20-36)45-33/h4,6,8,13,15,17,21-27,29-32,36-38,40-42H,3,5,7,9-12,14,16,18-20H2,1-2H3,(H,34,39)/b6-4-,15-13+/t22-,23-,24-,25-,26+,27?,29?,30-,31?,32?,33+/m1/s1. The van der Waals surface area contributed by atoms with Gasteiger partial charge in [0.2, 0.25) is 5.91 Å². The van der Waals surface area contributed by atoms with Crippen molar-refractivity contribution in [3.8, 4) is 0 Å². The fourth-order valence-corrected chi connectivity index (χ4v) is 6.70. The Morgan fingerprint density at radius 2 is 1.98 bits per heavy atom. The summed E-state index contributed by atoms with van der Waals surface area (Å²) in [6.45, 7) is 3.91. The summed E-state index contributed by atoms with van der Waals surface area (Å²) in [6, 6.07) is 0.512. The highest BCUT2D eigenvalue weighted by atomic mass is 16.7. The Morgan fingerprint density at radius 3 is 2.69 bits per heavy atom. The second-order valence-electron chi connectivity index (χ2n) is 12.9. The molecule has 12 heteroatoms. The summed E-state index contributed by atoms with van der Waals surface area (Å²) in [5.41, 5.74) is 0. The van der Waals surface area contributed by atoms with Crippen LogP contribution in [0, 0.1) is 11.8 Å². The molecule has 256 valence electrons. The molecule has 1 amide bonds. The zero-order valence-electron chi connectivity index (χ0n) is 26.6. The molecule has 0 bridgehead atoms. The summed E-state index contributed by atoms with van der Waals surface area (Å²) >= 11 is 0. The molecule has 0 spiro atoms. The van der Waals surface area contributed by atoms with Crippen LogP contribution in [0.25, 0.3) is 0 Å². The van der Waals surface area contributed by atoms with Gasteiger partial charge in [-0.2, -0.15) is 0 Å². The molecule has 12 nitrogen and oxygen atoms in total. The summed E-state index contributed by atoms with van der Waals surface area (Å²) in [4.78, 5) is 14.0. The largest absolute Gasteiger partial charge is 0.394 e. The number of ether oxygens (including phenoxy) is 3. The van der Waals surface area contributed by atoms with Crippen molar-refractivity contribution >= 4 is 5.91 Å². The average Bonchev–Trinajstić information content (AvgIpc) is 3.83. The maximum Gasteiger partial charge on any atom is 0.219 e. The number of carbonyl (C=O) groups is 1. The van der Waals surface area contributed by atoms with Gasteiger partial charge in [-0.25, -0.2) is 0 Å². The van der Waals surface area contributed by atoms with Crippen molar-refractivity contribution in [3.63, 3.8) is 0 Å². The van der Waals surface area contributed by atoms with Gasteiger partial charge >= 0.3 is 0 Å². The summed E-state index contributed by atoms with van der Waals surface area (Å²) in [5, 5.41) is 65.9. The van der Waals surface area contributed by atoms with Gasteiger partial charge in [-0.3, -0.25) is 4.79 Å². The van der Waals surface area contributed by atoms with E-state index in [2.05, 4.69) is 16.4 Å². The molecule has 11 atom stereocenters. The Hall–Kier alpha value is -1.87. The Labute approximate surface area is 266 Å². The van der Waals surface area contributed by atoms with Gasteiger partial charge in [0.25, 0.3) is 0 Å². The van der Waals surface area contributed by atoms with Crippen LogP contribution in [0.3, 0.4) is 0 Å². The van der Waals surface area contributed by atoms with Gasteiger partial charge in [-0.15, -0.1) is 0 Å². The summed E-state index contributed by atoms with van der Waals surface area (Å²) in [6.07, 6.45) is 9.62. The summed E-state index contributed by atoms with van der Waals surface area (Å²) in [5.74, 6) is -2.38. The molecule has 0 radical (unpaired) electrons. The molecule has 45 heavy (non-hydrogen) atoms. The number of amides is 1. The monoisotopic (exact) mass is 638 g/mol. The molecule has 2 aliphatic carbocycles. The third-order valence-electron chi connectivity index (χ3n) is 9.38. The molecular weight excluding hydrogens is 584 g/mol. The molecule has 2 saturated carbocycles. The van der Waals surface area contributed by atoms with Crippen LogP contribution in [0.4, 0.5) is 0 Å². The van der Waals surface area contributed by atoms with Crippen molar-refractivity contribution < 1.29 is 49.6 Å². The lowest BCUT2D eigenvalue weighted by molar-refractivity contribution is -0.369. The van der Waals surface area contributed by atoms with E-state index < -0.39 is 55.1 Å². The van der Waals surface area contributed by atoms with Crippen LogP contribution >= 0.6 is 0 Å². The first-order chi connectivity index (χ1) is 21.6. The first kappa shape index (κ1) is 36.0. The van der Waals surface area contributed by atoms with E-state index >= 15 is 0 Å². The van der Waals surface area contributed by atoms with Crippen molar-refractivity contribution in [1.82, 2.24) is 10.2 Å². The van der Waals surface area contributed by atoms with Crippen molar-refractivity contribution in [2.75, 3.05) is 19.8 Å². The van der Waals surface area contributed by atoms with Crippen molar-refractivity contribution in [2.45, 2.75) is 132 Å². The number of nitrogens with one attached hydrogen (secondary N) is 1. The van der Waals surface area contributed by atoms with Crippen molar-refractivity contribution in [2.24, 2.45) is 11.8 Å². The second-order valence-corrected chi connectivity index (χ2v) is 12.9. The molecule has 4 aliphatic rings. The highest BCUT2D eigenvalue weighted by Gasteiger charge is 2.54. The summed E-state index contributed by atoms with van der Waals surface area (Å²) in [7, 11) is 0. The number of carbonyl (C=O) groups excluding carboxylic acids is 1. The number of allylic oxidation sites excluding steroid dienone is 2. The number of hydrogen-bond donors (Lipinski definition) is 7. The van der Waals surface area contributed by atoms with Crippen LogP contribution in [0.2, 0.25) is 0 Å². The van der Waals surface area contributed by atoms with Gasteiger partial charge in [0.05, 0.1) is 31.5 Å². The molecule has 1 saturated heterocycles. The van der Waals surface area contributed by atoms with Gasteiger partial charge in [-0.1, -0.05) is 24.3 Å². The fraction of sp³-hybridized carbons (Fsp3) is 0.788. The smallest absolute Gasteiger partial charge is 0.219 e. The predicted octanol–water partition coefficient (Wildman–Crippen LogP) is 0.843. The minimum Gasteiger partial charge on any atom is -0.394 e. The average molecular weight is 639 g/mol. The van der Waals surface area contributed by atoms with E-state index in [1.807, 2.05) is 31.2 Å². The molecule has 0 aromatic rings. The molecular formula is C33H54N2O10. The van der Waals surface area contributed by atoms with Crippen molar-refractivity contribution in [3.05, 3.63) is 36.6 Å². The third kappa shape index (κ3) is 9.59. The van der Waals surface area contributed by atoms with Gasteiger partial charge in [0.1, 0.15) is 30.6 Å². The number of aliphatic hydroxyl groups excluding tert-OH is 6. The first-order valence-electron chi connectivity index (χ1n) is 16.6. The fourth-order valence-electron chi connectivity index (χ4n) is 6.70. The van der Waals surface area contributed by atoms with Gasteiger partial charge in [0, 0.05) is 37.5 Å². The normalized spacial score (nSPS) is 38.0. The molecule has 0 aromatic heterocycles. The second kappa shape index (κ2) is 16.8. The van der Waals surface area contributed by atoms with Crippen LogP contribution in [0.5, 0.6) is 0 Å². The molecule has 3 fully saturated rings. The zero-order chi connectivity index (χ0) is 32.6. The lowest BCUT2D eigenvalue weighted by Gasteiger charge is -2.47. The van der Waals surface area contributed by atoms with Gasteiger partial charge < -0.3 is 55.1 Å². The van der Waals surface area contributed by atoms with Gasteiger partial charge in [-0.05, 0) is 70.8 Å². The Morgan fingerprint density at radius 1 is 1.20 bits per heavy atom. The van der Waals surface area contributed by atoms with E-state index in [9.17, 15) is 35.4 Å². The van der Waals surface area contributed by atoms with Crippen LogP contribution in [-0.4, -0.2) is 122 Å². The topological polar surface area (TPSA) is 181 Å². The minimum atomic E-state index is -1.75. The van der Waals surface area contributed by atoms with Crippen LogP contribution in [0.15, 0.2) is 36.6 Å². The lowest BCUT2D eigenvalue weighted by Crippen LogP contribution is -2.65. The van der Waals surface area contributed by atoms with Gasteiger partial charge in [0.15, 0.2) is 5.79 Å². The third-order valence-corrected chi connectivity index (χ3v) is 9.38. The van der Waals surface area contributed by atoms with Crippen LogP contribution in [0.1, 0.15) is 71.6 Å². The molecule has 7 N–H and O–H groups in total. The molecule has 2 aliphatic heterocycles. The highest BCUT2D eigenvalue weighted by Crippen LogP contribution is 2.42. The Balaban J connectivity index is 1.41. The van der Waals surface area contributed by atoms with Crippen molar-refractivity contribution in [1.29, 1.82) is 0 Å². The number of rotatable bonds is 16. The van der Waals surface area contributed by atoms with E-state index in [1.165, 1.54) is 6.92 Å². The molecule has 0 aromatic carbocycles. The number of unbranched alkanes of at least 4 members (excludes halogenated alkanes) is 1. The zero-order valence-corrected chi connectivity index (χ0v) is 26.6. The maximum atomic E-state index is 11.8. The SMILES string of the molecule is CCNC(=O)CCC/C=C\C[C@@H]1[C@@H](/C=C/[C@@H](O)CCC2OCC=CN2C2CC2)[C@H](O)C[C@@H]1O[C@@]1(C)OC(CO)[C@@H](O)C(O)C1O. The van der Waals surface area contributed by atoms with E-state index in [1.54, 1.807) is 6.08 Å². The summed E-state index contributed by atoms with van der Waals surface area (Å²) < 4.78 is 18.0. The van der Waals surface area contributed by atoms with E-state index in [0.29, 0.717) is 57.7 Å². The number of aliphatic hydroxyl groups is 6. The molecule has 2 heterocycles. The Bertz CT molecular complexity index is 1020. The lowest BCUT2D eigenvalue weighted by atomic mass is 9.88. The van der Waals surface area contributed by atoms with E-state index in [4.69, 9.17) is 14.2 Å². The van der Waals surface area contributed by atoms with E-state index in [-0.39, 0.29) is 30.4 Å². The predicted molar refractivity (Wildman–Crippen MR) is 165 cm³/mol. The minimum absolute atomic E-state index is 0.0153. The molecule has 4 rings (SSSR count). The maximum absolute atomic E-state index is 11.8. The number of nitrogens with zero attached hydrogens (tertiary/aromatic N) is 1. The highest BCUT2D eigenvalue weighted by molar-refractivity contribution is 5.75. The first-order valence-corrected chi connectivity index (χ1v) is 16.6. The van der Waals surface area contributed by atoms with Crippen LogP contribution < -0.4 is 5.32 Å². The quantitative estimate of drug-likeness (QED) is 0.0940.